The summed E-state index contributed by atoms with van der Waals surface area (Å²) in [4.78, 5) is 28.4. The largest absolute Gasteiger partial charge is 0.476 e. The van der Waals surface area contributed by atoms with E-state index in [4.69, 9.17) is 15.1 Å². The van der Waals surface area contributed by atoms with Crippen molar-refractivity contribution in [3.63, 3.8) is 0 Å². The van der Waals surface area contributed by atoms with Gasteiger partial charge in [-0.1, -0.05) is 11.3 Å². The number of rotatable bonds is 8. The van der Waals surface area contributed by atoms with Crippen molar-refractivity contribution in [2.24, 2.45) is 0 Å². The maximum absolute atomic E-state index is 11.4. The standard InChI is InChI=1S/C12H15N3O4S/c1-8(16)10-9(11(17)18)14-12(20-10)15(5-3-4-13)6-7-19-2/h3,5-7H2,1-2H3,(H,17,18). The summed E-state index contributed by atoms with van der Waals surface area (Å²) in [7, 11) is 1.55. The number of carboxylic acids is 1. The van der Waals surface area contributed by atoms with Gasteiger partial charge in [-0.25, -0.2) is 9.78 Å². The molecule has 0 bridgehead atoms. The lowest BCUT2D eigenvalue weighted by Crippen LogP contribution is -2.28. The Morgan fingerprint density at radius 2 is 2.20 bits per heavy atom. The first-order chi connectivity index (χ1) is 9.51. The molecule has 1 aromatic heterocycles. The maximum atomic E-state index is 11.4. The van der Waals surface area contributed by atoms with Crippen molar-refractivity contribution in [1.29, 1.82) is 5.26 Å². The number of hydrogen-bond donors (Lipinski definition) is 1. The summed E-state index contributed by atoms with van der Waals surface area (Å²) in [6, 6.07) is 2.02. The molecule has 20 heavy (non-hydrogen) atoms. The zero-order chi connectivity index (χ0) is 15.1. The number of methoxy groups -OCH3 is 1. The summed E-state index contributed by atoms with van der Waals surface area (Å²) in [5.74, 6) is -1.57. The molecule has 0 radical (unpaired) electrons. The van der Waals surface area contributed by atoms with Crippen molar-refractivity contribution in [3.05, 3.63) is 10.6 Å². The van der Waals surface area contributed by atoms with Crippen molar-refractivity contribution >= 4 is 28.2 Å². The summed E-state index contributed by atoms with van der Waals surface area (Å²) in [6.07, 6.45) is 0.279. The van der Waals surface area contributed by atoms with E-state index in [1.54, 1.807) is 12.0 Å². The molecule has 1 N–H and O–H groups in total. The molecule has 1 heterocycles. The van der Waals surface area contributed by atoms with Crippen LogP contribution in [0, 0.1) is 11.3 Å². The first-order valence-electron chi connectivity index (χ1n) is 5.87. The Morgan fingerprint density at radius 1 is 1.50 bits per heavy atom. The Morgan fingerprint density at radius 3 is 2.65 bits per heavy atom. The quantitative estimate of drug-likeness (QED) is 0.723. The molecule has 7 nitrogen and oxygen atoms in total. The molecule has 1 aromatic rings. The second-order valence-corrected chi connectivity index (χ2v) is 4.90. The second-order valence-electron chi connectivity index (χ2n) is 3.92. The van der Waals surface area contributed by atoms with Gasteiger partial charge in [-0.3, -0.25) is 4.79 Å². The third-order valence-electron chi connectivity index (χ3n) is 2.47. The first kappa shape index (κ1) is 16.1. The third-order valence-corrected chi connectivity index (χ3v) is 3.68. The number of Topliss-reactive ketones (excluding diaryl/α,β-unsaturated/α-hetero) is 1. The number of nitriles is 1. The summed E-state index contributed by atoms with van der Waals surface area (Å²) < 4.78 is 4.97. The van der Waals surface area contributed by atoms with Gasteiger partial charge in [0.15, 0.2) is 16.6 Å². The Bertz CT molecular complexity index is 504. The fraction of sp³-hybridized carbons (Fsp3) is 0.500. The molecule has 0 unspecified atom stereocenters. The number of nitrogens with zero attached hydrogens (tertiary/aromatic N) is 3. The van der Waals surface area contributed by atoms with Gasteiger partial charge in [0.1, 0.15) is 4.88 Å². The van der Waals surface area contributed by atoms with Gasteiger partial charge in [-0.2, -0.15) is 5.26 Å². The minimum Gasteiger partial charge on any atom is -0.476 e. The molecule has 8 heteroatoms. The molecule has 0 saturated carbocycles. The molecule has 1 rings (SSSR count). The molecule has 108 valence electrons. The van der Waals surface area contributed by atoms with Gasteiger partial charge in [-0.15, -0.1) is 0 Å². The molecule has 0 amide bonds. The van der Waals surface area contributed by atoms with Crippen molar-refractivity contribution in [2.45, 2.75) is 13.3 Å². The average Bonchev–Trinajstić information content (AvgIpc) is 2.84. The summed E-state index contributed by atoms with van der Waals surface area (Å²) >= 11 is 1.02. The zero-order valence-electron chi connectivity index (χ0n) is 11.3. The van der Waals surface area contributed by atoms with Crippen LogP contribution in [0.1, 0.15) is 33.5 Å². The van der Waals surface area contributed by atoms with Gasteiger partial charge in [0, 0.05) is 27.1 Å². The van der Waals surface area contributed by atoms with Crippen LogP contribution in [-0.4, -0.2) is 48.6 Å². The molecular formula is C12H15N3O4S. The Hall–Kier alpha value is -1.98. The van der Waals surface area contributed by atoms with Crippen molar-refractivity contribution in [3.8, 4) is 6.07 Å². The highest BCUT2D eigenvalue weighted by Crippen LogP contribution is 2.27. The van der Waals surface area contributed by atoms with Gasteiger partial charge in [0.05, 0.1) is 19.1 Å². The number of carbonyl (C=O) groups excluding carboxylic acids is 1. The lowest BCUT2D eigenvalue weighted by Gasteiger charge is -2.19. The predicted octanol–water partition coefficient (Wildman–Crippen LogP) is 1.41. The van der Waals surface area contributed by atoms with E-state index in [2.05, 4.69) is 4.98 Å². The molecule has 0 saturated heterocycles. The van der Waals surface area contributed by atoms with Crippen LogP contribution in [0.5, 0.6) is 0 Å². The summed E-state index contributed by atoms with van der Waals surface area (Å²) in [5.41, 5.74) is -0.239. The van der Waals surface area contributed by atoms with Crippen LogP contribution < -0.4 is 4.90 Å². The maximum Gasteiger partial charge on any atom is 0.356 e. The van der Waals surface area contributed by atoms with Crippen LogP contribution in [-0.2, 0) is 4.74 Å². The van der Waals surface area contributed by atoms with E-state index in [1.807, 2.05) is 6.07 Å². The Kier molecular flexibility index (Phi) is 6.09. The smallest absolute Gasteiger partial charge is 0.356 e. The molecule has 0 aromatic carbocycles. The van der Waals surface area contributed by atoms with E-state index in [9.17, 15) is 9.59 Å². The number of hydrogen-bond acceptors (Lipinski definition) is 7. The zero-order valence-corrected chi connectivity index (χ0v) is 12.1. The first-order valence-corrected chi connectivity index (χ1v) is 6.68. The predicted molar refractivity (Wildman–Crippen MR) is 73.4 cm³/mol. The fourth-order valence-electron chi connectivity index (χ4n) is 1.52. The number of ketones is 1. The SMILES string of the molecule is COCCN(CCC#N)c1nc(C(=O)O)c(C(C)=O)s1. The number of aromatic carboxylic acids is 1. The average molecular weight is 297 g/mol. The Balaban J connectivity index is 3.06. The molecule has 0 spiro atoms. The highest BCUT2D eigenvalue weighted by Gasteiger charge is 2.23. The van der Waals surface area contributed by atoms with Crippen LogP contribution in [0.4, 0.5) is 5.13 Å². The normalized spacial score (nSPS) is 10.1. The minimum atomic E-state index is -1.23. The second kappa shape index (κ2) is 7.57. The van der Waals surface area contributed by atoms with Crippen LogP contribution in [0.3, 0.4) is 0 Å². The van der Waals surface area contributed by atoms with Crippen molar-refractivity contribution < 1.29 is 19.4 Å². The van der Waals surface area contributed by atoms with Gasteiger partial charge in [0.2, 0.25) is 0 Å². The van der Waals surface area contributed by atoms with E-state index < -0.39 is 5.97 Å². The molecule has 0 fully saturated rings. The van der Waals surface area contributed by atoms with E-state index in [-0.39, 0.29) is 22.8 Å². The highest BCUT2D eigenvalue weighted by atomic mass is 32.1. The molecule has 0 aliphatic carbocycles. The fourth-order valence-corrected chi connectivity index (χ4v) is 2.52. The van der Waals surface area contributed by atoms with E-state index in [1.165, 1.54) is 6.92 Å². The highest BCUT2D eigenvalue weighted by molar-refractivity contribution is 7.17. The van der Waals surface area contributed by atoms with Gasteiger partial charge < -0.3 is 14.7 Å². The number of thiazole rings is 1. The number of carbonyl (C=O) groups is 2. The summed E-state index contributed by atoms with van der Waals surface area (Å²) in [5, 5.41) is 18.1. The molecule has 0 aliphatic rings. The topological polar surface area (TPSA) is 104 Å². The van der Waals surface area contributed by atoms with Crippen LogP contribution in [0.25, 0.3) is 0 Å². The number of ether oxygens (including phenoxy) is 1. The lowest BCUT2D eigenvalue weighted by molar-refractivity contribution is 0.0687. The molecular weight excluding hydrogens is 282 g/mol. The Labute approximate surface area is 120 Å². The lowest BCUT2D eigenvalue weighted by atomic mass is 10.3. The third kappa shape index (κ3) is 4.01. The number of aromatic nitrogens is 1. The summed E-state index contributed by atoms with van der Waals surface area (Å²) in [6.45, 7) is 2.60. The monoisotopic (exact) mass is 297 g/mol. The van der Waals surface area contributed by atoms with Crippen LogP contribution in [0.15, 0.2) is 0 Å². The van der Waals surface area contributed by atoms with Gasteiger partial charge in [-0.05, 0) is 0 Å². The van der Waals surface area contributed by atoms with Crippen molar-refractivity contribution in [1.82, 2.24) is 4.98 Å². The minimum absolute atomic E-state index is 0.117. The van der Waals surface area contributed by atoms with E-state index in [0.29, 0.717) is 24.8 Å². The van der Waals surface area contributed by atoms with E-state index in [0.717, 1.165) is 11.3 Å². The van der Waals surface area contributed by atoms with Crippen LogP contribution in [0.2, 0.25) is 0 Å². The molecule has 0 aliphatic heterocycles. The van der Waals surface area contributed by atoms with Gasteiger partial charge in [0.25, 0.3) is 0 Å². The number of anilines is 1. The number of carboxylic acid groups (broad SMARTS) is 1. The molecule has 0 atom stereocenters. The van der Waals surface area contributed by atoms with E-state index >= 15 is 0 Å². The van der Waals surface area contributed by atoms with Gasteiger partial charge >= 0.3 is 5.97 Å². The van der Waals surface area contributed by atoms with Crippen LogP contribution >= 0.6 is 11.3 Å². The van der Waals surface area contributed by atoms with Crippen molar-refractivity contribution in [2.75, 3.05) is 31.7 Å².